The first-order chi connectivity index (χ1) is 5.34. The van der Waals surface area contributed by atoms with Gasteiger partial charge in [0.05, 0.1) is 12.8 Å². The number of nitrogens with zero attached hydrogens (tertiary/aromatic N) is 1. The summed E-state index contributed by atoms with van der Waals surface area (Å²) in [5.74, 6) is 0. The minimum atomic E-state index is 0.838. The number of aryl methyl sites for hydroxylation is 1. The van der Waals surface area contributed by atoms with Gasteiger partial charge in [0.25, 0.3) is 0 Å². The third-order valence-electron chi connectivity index (χ3n) is 1.75. The third kappa shape index (κ3) is 1.24. The molecule has 11 heavy (non-hydrogen) atoms. The Morgan fingerprint density at radius 2 is 2.27 bits per heavy atom. The van der Waals surface area contributed by atoms with Gasteiger partial charge in [-0.15, -0.1) is 0 Å². The summed E-state index contributed by atoms with van der Waals surface area (Å²) >= 11 is 0. The van der Waals surface area contributed by atoms with Crippen molar-refractivity contribution < 1.29 is 0 Å². The van der Waals surface area contributed by atoms with Gasteiger partial charge >= 0.3 is 0 Å². The maximum absolute atomic E-state index is 4.02. The molecular weight excluding hydrogens is 136 g/mol. The lowest BCUT2D eigenvalue weighted by Gasteiger charge is -1.99. The van der Waals surface area contributed by atoms with E-state index in [4.69, 9.17) is 0 Å². The van der Waals surface area contributed by atoms with Crippen molar-refractivity contribution in [3.05, 3.63) is 34.9 Å². The van der Waals surface area contributed by atoms with Crippen molar-refractivity contribution in [2.75, 3.05) is 0 Å². The molecule has 0 atom stereocenters. The minimum Gasteiger partial charge on any atom is -0.306 e. The summed E-state index contributed by atoms with van der Waals surface area (Å²) in [7, 11) is 0. The fourth-order valence-electron chi connectivity index (χ4n) is 1.33. The average Bonchev–Trinajstić information content (AvgIpc) is 2.11. The Balaban J connectivity index is 2.56. The molecule has 1 aromatic carbocycles. The van der Waals surface area contributed by atoms with Crippen LogP contribution in [0.25, 0.3) is 0 Å². The van der Waals surface area contributed by atoms with Crippen LogP contribution < -0.4 is 5.43 Å². The average molecular weight is 146 g/mol. The van der Waals surface area contributed by atoms with Crippen molar-refractivity contribution in [1.82, 2.24) is 5.43 Å². The van der Waals surface area contributed by atoms with E-state index >= 15 is 0 Å². The molecule has 0 saturated carbocycles. The molecule has 1 N–H and O–H groups in total. The summed E-state index contributed by atoms with van der Waals surface area (Å²) in [6.45, 7) is 2.94. The normalized spacial score (nSPS) is 13.9. The van der Waals surface area contributed by atoms with E-state index in [1.165, 1.54) is 16.7 Å². The van der Waals surface area contributed by atoms with Crippen LogP contribution in [0.15, 0.2) is 23.3 Å². The zero-order valence-electron chi connectivity index (χ0n) is 6.46. The summed E-state index contributed by atoms with van der Waals surface area (Å²) in [4.78, 5) is 0. The molecule has 0 fully saturated rings. The van der Waals surface area contributed by atoms with Crippen LogP contribution in [-0.4, -0.2) is 6.21 Å². The van der Waals surface area contributed by atoms with Crippen molar-refractivity contribution in [1.29, 1.82) is 0 Å². The Hall–Kier alpha value is -1.31. The second-order valence-electron chi connectivity index (χ2n) is 2.85. The van der Waals surface area contributed by atoms with E-state index in [-0.39, 0.29) is 0 Å². The van der Waals surface area contributed by atoms with Crippen molar-refractivity contribution in [2.45, 2.75) is 13.5 Å². The predicted octanol–water partition coefficient (Wildman–Crippen LogP) is 1.43. The second-order valence-corrected chi connectivity index (χ2v) is 2.85. The van der Waals surface area contributed by atoms with Gasteiger partial charge in [0.15, 0.2) is 0 Å². The summed E-state index contributed by atoms with van der Waals surface area (Å²) in [6, 6.07) is 6.45. The van der Waals surface area contributed by atoms with Gasteiger partial charge in [0.1, 0.15) is 0 Å². The van der Waals surface area contributed by atoms with E-state index in [2.05, 4.69) is 35.7 Å². The number of hydrogen-bond acceptors (Lipinski definition) is 2. The fraction of sp³-hybridized carbons (Fsp3) is 0.222. The van der Waals surface area contributed by atoms with Crippen LogP contribution in [0.5, 0.6) is 0 Å². The third-order valence-corrected chi connectivity index (χ3v) is 1.75. The molecule has 0 spiro atoms. The molecule has 0 aromatic heterocycles. The monoisotopic (exact) mass is 146 g/mol. The highest BCUT2D eigenvalue weighted by molar-refractivity contribution is 5.80. The number of hydrogen-bond donors (Lipinski definition) is 1. The number of rotatable bonds is 0. The zero-order valence-corrected chi connectivity index (χ0v) is 6.46. The van der Waals surface area contributed by atoms with Crippen molar-refractivity contribution in [2.24, 2.45) is 5.10 Å². The highest BCUT2D eigenvalue weighted by Crippen LogP contribution is 2.09. The van der Waals surface area contributed by atoms with Gasteiger partial charge in [-0.25, -0.2) is 0 Å². The standard InChI is InChI=1S/C9H10N2/c1-7-2-8-4-9(3-7)6-11-10-5-8/h2-5,11H,6H2,1H3. The lowest BCUT2D eigenvalue weighted by Crippen LogP contribution is -2.02. The Bertz CT molecular complexity index is 302. The summed E-state index contributed by atoms with van der Waals surface area (Å²) in [5, 5.41) is 4.02. The Labute approximate surface area is 65.9 Å². The van der Waals surface area contributed by atoms with Gasteiger partial charge in [-0.2, -0.15) is 5.10 Å². The predicted molar refractivity (Wildman–Crippen MR) is 45.6 cm³/mol. The molecule has 2 heteroatoms. The van der Waals surface area contributed by atoms with Crippen LogP contribution in [0.2, 0.25) is 0 Å². The highest BCUT2D eigenvalue weighted by atomic mass is 15.3. The number of hydrazone groups is 1. The highest BCUT2D eigenvalue weighted by Gasteiger charge is 1.99. The first kappa shape index (κ1) is 6.40. The van der Waals surface area contributed by atoms with Crippen LogP contribution in [-0.2, 0) is 6.54 Å². The molecule has 1 aliphatic heterocycles. The number of benzene rings is 1. The smallest absolute Gasteiger partial charge is 0.0580 e. The number of nitrogens with one attached hydrogen (secondary N) is 1. The Morgan fingerprint density at radius 3 is 3.18 bits per heavy atom. The van der Waals surface area contributed by atoms with Gasteiger partial charge < -0.3 is 5.43 Å². The quantitative estimate of drug-likeness (QED) is 0.588. The summed E-state index contributed by atoms with van der Waals surface area (Å²) in [6.07, 6.45) is 1.85. The largest absolute Gasteiger partial charge is 0.306 e. The van der Waals surface area contributed by atoms with Gasteiger partial charge in [0, 0.05) is 0 Å². The first-order valence-electron chi connectivity index (χ1n) is 3.71. The summed E-state index contributed by atoms with van der Waals surface area (Å²) in [5.41, 5.74) is 6.74. The summed E-state index contributed by atoms with van der Waals surface area (Å²) < 4.78 is 0. The molecule has 2 nitrogen and oxygen atoms in total. The molecular formula is C9H10N2. The molecule has 0 amide bonds. The van der Waals surface area contributed by atoms with Gasteiger partial charge in [0.2, 0.25) is 0 Å². The molecule has 0 unspecified atom stereocenters. The molecule has 0 radical (unpaired) electrons. The van der Waals surface area contributed by atoms with Crippen molar-refractivity contribution in [3.8, 4) is 0 Å². The molecule has 1 heterocycles. The molecule has 2 rings (SSSR count). The van der Waals surface area contributed by atoms with Gasteiger partial charge in [-0.1, -0.05) is 17.7 Å². The van der Waals surface area contributed by atoms with Crippen LogP contribution in [0.1, 0.15) is 16.7 Å². The van der Waals surface area contributed by atoms with Crippen LogP contribution in [0.4, 0.5) is 0 Å². The van der Waals surface area contributed by atoms with Crippen LogP contribution >= 0.6 is 0 Å². The van der Waals surface area contributed by atoms with E-state index in [0.29, 0.717) is 0 Å². The van der Waals surface area contributed by atoms with Crippen molar-refractivity contribution >= 4 is 6.21 Å². The van der Waals surface area contributed by atoms with Crippen LogP contribution in [0.3, 0.4) is 0 Å². The fourth-order valence-corrected chi connectivity index (χ4v) is 1.33. The van der Waals surface area contributed by atoms with E-state index in [1.807, 2.05) is 6.21 Å². The molecule has 2 bridgehead atoms. The van der Waals surface area contributed by atoms with Crippen molar-refractivity contribution in [3.63, 3.8) is 0 Å². The maximum atomic E-state index is 4.02. The molecule has 1 aliphatic rings. The van der Waals surface area contributed by atoms with Crippen LogP contribution in [0, 0.1) is 6.92 Å². The van der Waals surface area contributed by atoms with E-state index in [9.17, 15) is 0 Å². The first-order valence-corrected chi connectivity index (χ1v) is 3.71. The molecule has 0 aliphatic carbocycles. The SMILES string of the molecule is Cc1cc2cc(c1)CNN=C2. The van der Waals surface area contributed by atoms with E-state index < -0.39 is 0 Å². The lowest BCUT2D eigenvalue weighted by molar-refractivity contribution is 0.752. The van der Waals surface area contributed by atoms with Gasteiger partial charge in [-0.3, -0.25) is 0 Å². The van der Waals surface area contributed by atoms with E-state index in [1.54, 1.807) is 0 Å². The molecule has 56 valence electrons. The molecule has 1 aromatic rings. The number of fused-ring (bicyclic) bond motifs is 2. The Morgan fingerprint density at radius 1 is 1.36 bits per heavy atom. The van der Waals surface area contributed by atoms with E-state index in [0.717, 1.165) is 6.54 Å². The maximum Gasteiger partial charge on any atom is 0.0580 e. The zero-order chi connectivity index (χ0) is 7.68. The minimum absolute atomic E-state index is 0.838. The lowest BCUT2D eigenvalue weighted by atomic mass is 10.1. The topological polar surface area (TPSA) is 24.4 Å². The molecule has 0 saturated heterocycles. The van der Waals surface area contributed by atoms with Gasteiger partial charge in [-0.05, 0) is 24.1 Å². The second kappa shape index (κ2) is 2.38. The Kier molecular flexibility index (Phi) is 1.39.